The molecule has 0 radical (unpaired) electrons. The molecule has 3 atom stereocenters. The number of anilines is 6. The van der Waals surface area contributed by atoms with Crippen molar-refractivity contribution in [2.75, 3.05) is 9.80 Å². The quantitative estimate of drug-likeness (QED) is 0.157. The molecule has 0 saturated heterocycles. The SMILES string of the molecule is CC1c2ccc(N(c3ccc4c(c3)C(C)(C)c3ccccc3-4)c3ccc4c(c3)C(C)(C)c3ccccc3-4)cc2C(C)(c2ccc(N(c3ccc4c(c3)C(C)(C)c3ccccc3-4)c3ccc4c(c3)C(C)(C)c3ccccc3-4)cc2)C1C. The minimum absolute atomic E-state index is 0.128. The first-order chi connectivity index (χ1) is 38.4. The van der Waals surface area contributed by atoms with E-state index in [4.69, 9.17) is 0 Å². The molecule has 80 heavy (non-hydrogen) atoms. The van der Waals surface area contributed by atoms with Gasteiger partial charge in [0.2, 0.25) is 0 Å². The van der Waals surface area contributed by atoms with Gasteiger partial charge in [-0.25, -0.2) is 0 Å². The van der Waals surface area contributed by atoms with Gasteiger partial charge in [-0.3, -0.25) is 0 Å². The van der Waals surface area contributed by atoms with Crippen LogP contribution in [-0.4, -0.2) is 0 Å². The highest BCUT2D eigenvalue weighted by Crippen LogP contribution is 2.59. The molecular formula is C78H70N2. The molecule has 10 aromatic rings. The normalized spacial score (nSPS) is 19.9. The topological polar surface area (TPSA) is 6.48 Å². The number of benzene rings is 10. The third-order valence-corrected chi connectivity index (χ3v) is 21.0. The Labute approximate surface area is 474 Å². The predicted octanol–water partition coefficient (Wildman–Crippen LogP) is 20.9. The Morgan fingerprint density at radius 3 is 0.863 bits per heavy atom. The lowest BCUT2D eigenvalue weighted by Crippen LogP contribution is -2.28. The molecule has 0 bridgehead atoms. The van der Waals surface area contributed by atoms with Crippen molar-refractivity contribution in [2.24, 2.45) is 5.92 Å². The molecule has 15 rings (SSSR count). The van der Waals surface area contributed by atoms with Crippen molar-refractivity contribution in [3.05, 3.63) is 274 Å². The van der Waals surface area contributed by atoms with Gasteiger partial charge in [0.25, 0.3) is 0 Å². The van der Waals surface area contributed by atoms with E-state index in [0.29, 0.717) is 11.8 Å². The summed E-state index contributed by atoms with van der Waals surface area (Å²) >= 11 is 0. The molecule has 10 aromatic carbocycles. The van der Waals surface area contributed by atoms with Gasteiger partial charge in [-0.15, -0.1) is 0 Å². The summed E-state index contributed by atoms with van der Waals surface area (Å²) in [5, 5.41) is 0. The summed E-state index contributed by atoms with van der Waals surface area (Å²) in [5.41, 5.74) is 32.2. The van der Waals surface area contributed by atoms with Gasteiger partial charge in [0.1, 0.15) is 0 Å². The van der Waals surface area contributed by atoms with Crippen molar-refractivity contribution < 1.29 is 0 Å². The lowest BCUT2D eigenvalue weighted by atomic mass is 9.70. The number of hydrogen-bond donors (Lipinski definition) is 0. The van der Waals surface area contributed by atoms with E-state index < -0.39 is 0 Å². The maximum Gasteiger partial charge on any atom is 0.0465 e. The second-order valence-electron chi connectivity index (χ2n) is 26.4. The van der Waals surface area contributed by atoms with Gasteiger partial charge in [-0.1, -0.05) is 216 Å². The zero-order chi connectivity index (χ0) is 55.0. The zero-order valence-electron chi connectivity index (χ0n) is 48.3. The number of hydrogen-bond acceptors (Lipinski definition) is 2. The van der Waals surface area contributed by atoms with Gasteiger partial charge in [0.15, 0.2) is 0 Å². The Bertz CT molecular complexity index is 4040. The molecule has 0 aliphatic heterocycles. The minimum Gasteiger partial charge on any atom is -0.310 e. The van der Waals surface area contributed by atoms with Crippen molar-refractivity contribution >= 4 is 34.1 Å². The summed E-state index contributed by atoms with van der Waals surface area (Å²) in [7, 11) is 0. The molecule has 392 valence electrons. The molecule has 0 amide bonds. The molecule has 5 aliphatic rings. The van der Waals surface area contributed by atoms with Crippen molar-refractivity contribution in [3.8, 4) is 44.5 Å². The predicted molar refractivity (Wildman–Crippen MR) is 337 cm³/mol. The third kappa shape index (κ3) is 6.54. The fraction of sp³-hybridized carbons (Fsp3) is 0.231. The fourth-order valence-electron chi connectivity index (χ4n) is 16.1. The molecule has 0 spiro atoms. The Kier molecular flexibility index (Phi) is 10.2. The van der Waals surface area contributed by atoms with E-state index in [0.717, 1.165) is 5.69 Å². The van der Waals surface area contributed by atoms with Gasteiger partial charge in [0.05, 0.1) is 0 Å². The van der Waals surface area contributed by atoms with Crippen LogP contribution in [0.25, 0.3) is 44.5 Å². The fourth-order valence-corrected chi connectivity index (χ4v) is 16.1. The van der Waals surface area contributed by atoms with E-state index in [2.05, 4.69) is 298 Å². The summed E-state index contributed by atoms with van der Waals surface area (Å²) in [6.07, 6.45) is 0. The maximum atomic E-state index is 2.56. The van der Waals surface area contributed by atoms with Crippen LogP contribution in [0, 0.1) is 5.92 Å². The molecule has 5 aliphatic carbocycles. The van der Waals surface area contributed by atoms with Crippen LogP contribution in [0.15, 0.2) is 212 Å². The van der Waals surface area contributed by atoms with E-state index >= 15 is 0 Å². The molecular weight excluding hydrogens is 965 g/mol. The molecule has 0 N–H and O–H groups in total. The monoisotopic (exact) mass is 1030 g/mol. The molecule has 2 heteroatoms. The van der Waals surface area contributed by atoms with E-state index in [-0.39, 0.29) is 27.1 Å². The highest BCUT2D eigenvalue weighted by molar-refractivity contribution is 5.91. The first-order valence-corrected chi connectivity index (χ1v) is 29.2. The number of rotatable bonds is 7. The smallest absolute Gasteiger partial charge is 0.0465 e. The van der Waals surface area contributed by atoms with Crippen LogP contribution in [-0.2, 0) is 27.1 Å². The van der Waals surface area contributed by atoms with Crippen LogP contribution in [0.5, 0.6) is 0 Å². The minimum atomic E-state index is -0.268. The lowest BCUT2D eigenvalue weighted by Gasteiger charge is -2.35. The second kappa shape index (κ2) is 16.7. The summed E-state index contributed by atoms with van der Waals surface area (Å²) in [5.74, 6) is 0.716. The van der Waals surface area contributed by atoms with E-state index in [1.54, 1.807) is 0 Å². The third-order valence-electron chi connectivity index (χ3n) is 21.0. The largest absolute Gasteiger partial charge is 0.310 e. The van der Waals surface area contributed by atoms with Crippen LogP contribution in [0.3, 0.4) is 0 Å². The number of nitrogens with zero attached hydrogens (tertiary/aromatic N) is 2. The Hall–Kier alpha value is -8.20. The van der Waals surface area contributed by atoms with Crippen LogP contribution in [0.4, 0.5) is 34.1 Å². The number of fused-ring (bicyclic) bond motifs is 13. The highest BCUT2D eigenvalue weighted by Gasteiger charge is 2.47. The van der Waals surface area contributed by atoms with Crippen molar-refractivity contribution in [2.45, 2.75) is 109 Å². The van der Waals surface area contributed by atoms with Gasteiger partial charge in [0, 0.05) is 61.2 Å². The van der Waals surface area contributed by atoms with E-state index in [1.807, 2.05) is 0 Å². The van der Waals surface area contributed by atoms with Crippen LogP contribution < -0.4 is 9.80 Å². The molecule has 0 heterocycles. The van der Waals surface area contributed by atoms with Crippen molar-refractivity contribution in [1.29, 1.82) is 0 Å². The molecule has 0 aromatic heterocycles. The first-order valence-electron chi connectivity index (χ1n) is 29.2. The van der Waals surface area contributed by atoms with E-state index in [9.17, 15) is 0 Å². The average Bonchev–Trinajstić information content (AvgIpc) is 4.11. The first kappa shape index (κ1) is 48.9. The van der Waals surface area contributed by atoms with Crippen molar-refractivity contribution in [3.63, 3.8) is 0 Å². The summed E-state index contributed by atoms with van der Waals surface area (Å²) in [6.45, 7) is 26.6. The van der Waals surface area contributed by atoms with Gasteiger partial charge in [-0.05, 0) is 190 Å². The van der Waals surface area contributed by atoms with Gasteiger partial charge < -0.3 is 9.80 Å². The average molecular weight is 1040 g/mol. The van der Waals surface area contributed by atoms with Gasteiger partial charge in [-0.2, -0.15) is 0 Å². The standard InChI is InChI=1S/C78H70N2/c1-47-48(2)78(11,49-28-30-50(31-29-49)79(51-33-38-61-57-20-12-16-24-65(57)74(3,4)69(61)42-51)52-34-39-62-58-21-13-17-25-66(58)75(5,6)70(62)43-52)73-46-55(32-37-56(47)73)80(53-35-40-63-59-22-14-18-26-67(59)76(7,8)71(63)44-53)54-36-41-64-60-23-15-19-27-68(60)77(9,10)72(64)45-54/h12-48H,1-11H3. The molecule has 0 fully saturated rings. The molecule has 3 unspecified atom stereocenters. The second-order valence-corrected chi connectivity index (χ2v) is 26.4. The lowest BCUT2D eigenvalue weighted by molar-refractivity contribution is 0.369. The Morgan fingerprint density at radius 2 is 0.525 bits per heavy atom. The van der Waals surface area contributed by atoms with E-state index in [1.165, 1.54) is 134 Å². The maximum absolute atomic E-state index is 2.56. The van der Waals surface area contributed by atoms with Crippen LogP contribution in [0.1, 0.15) is 143 Å². The van der Waals surface area contributed by atoms with Gasteiger partial charge >= 0.3 is 0 Å². The summed E-state index contributed by atoms with van der Waals surface area (Å²) in [4.78, 5) is 5.07. The highest BCUT2D eigenvalue weighted by atomic mass is 15.1. The van der Waals surface area contributed by atoms with Crippen LogP contribution in [0.2, 0.25) is 0 Å². The molecule has 0 saturated carbocycles. The van der Waals surface area contributed by atoms with Crippen LogP contribution >= 0.6 is 0 Å². The Balaban J connectivity index is 0.863. The summed E-state index contributed by atoms with van der Waals surface area (Å²) < 4.78 is 0. The van der Waals surface area contributed by atoms with Crippen molar-refractivity contribution in [1.82, 2.24) is 0 Å². The zero-order valence-corrected chi connectivity index (χ0v) is 48.3. The molecule has 2 nitrogen and oxygen atoms in total. The Morgan fingerprint density at radius 1 is 0.263 bits per heavy atom. The summed E-state index contributed by atoms with van der Waals surface area (Å²) in [6, 6.07) is 82.0.